The van der Waals surface area contributed by atoms with Crippen molar-refractivity contribution in [1.29, 1.82) is 0 Å². The molecule has 2 N–H and O–H groups in total. The van der Waals surface area contributed by atoms with Gasteiger partial charge in [-0.05, 0) is 19.5 Å². The maximum Gasteiger partial charge on any atom is 0.358 e. The quantitative estimate of drug-likeness (QED) is 0.783. The Hall–Kier alpha value is -1.56. The first-order chi connectivity index (χ1) is 8.45. The smallest absolute Gasteiger partial charge is 0.349 e. The van der Waals surface area contributed by atoms with Crippen LogP contribution in [0.5, 0.6) is 0 Å². The van der Waals surface area contributed by atoms with E-state index in [0.29, 0.717) is 12.5 Å². The first-order valence-electron chi connectivity index (χ1n) is 6.12. The lowest BCUT2D eigenvalue weighted by atomic mass is 10.0. The van der Waals surface area contributed by atoms with E-state index in [4.69, 9.17) is 0 Å². The highest BCUT2D eigenvalue weighted by Gasteiger charge is 2.19. The molecule has 18 heavy (non-hydrogen) atoms. The lowest BCUT2D eigenvalue weighted by Crippen LogP contribution is -2.45. The molecule has 0 aliphatic heterocycles. The average molecular weight is 255 g/mol. The number of carbonyl (C=O) groups is 1. The lowest BCUT2D eigenvalue weighted by Gasteiger charge is -2.30. The molecule has 6 nitrogen and oxygen atoms in total. The van der Waals surface area contributed by atoms with Crippen LogP contribution < -0.4 is 10.9 Å². The first kappa shape index (κ1) is 14.5. The first-order valence-corrected chi connectivity index (χ1v) is 6.12. The summed E-state index contributed by atoms with van der Waals surface area (Å²) in [6.07, 6.45) is 0. The topological polar surface area (TPSA) is 78.3 Å². The van der Waals surface area contributed by atoms with Gasteiger partial charge in [0.25, 0.3) is 5.91 Å². The number of amides is 1. The van der Waals surface area contributed by atoms with Crippen LogP contribution in [0.1, 0.15) is 31.3 Å². The number of hydrogen-bond donors (Lipinski definition) is 2. The summed E-state index contributed by atoms with van der Waals surface area (Å²) in [6, 6.07) is 1.40. The fraction of sp³-hybridized carbons (Fsp3) is 0.667. The van der Waals surface area contributed by atoms with Gasteiger partial charge in [-0.3, -0.25) is 4.79 Å². The standard InChI is InChI=1S/C12H21N3O3/c1-5-15(4)10(8(2)3)7-13-12(17)9-6-11(16)18-14-9/h6,8,10,14H,5,7H2,1-4H3,(H,13,17). The molecule has 0 bridgehead atoms. The molecule has 6 heteroatoms. The summed E-state index contributed by atoms with van der Waals surface area (Å²) in [5.41, 5.74) is -0.395. The summed E-state index contributed by atoms with van der Waals surface area (Å²) >= 11 is 0. The van der Waals surface area contributed by atoms with Gasteiger partial charge in [0.05, 0.1) is 6.07 Å². The SMILES string of the molecule is CCN(C)C(CNC(=O)c1cc(=O)o[nH]1)C(C)C. The van der Waals surface area contributed by atoms with Crippen LogP contribution in [0, 0.1) is 5.92 Å². The third-order valence-corrected chi connectivity index (χ3v) is 3.07. The minimum Gasteiger partial charge on any atom is -0.349 e. The van der Waals surface area contributed by atoms with Crippen LogP contribution in [0.15, 0.2) is 15.4 Å². The number of rotatable bonds is 6. The van der Waals surface area contributed by atoms with Gasteiger partial charge < -0.3 is 14.7 Å². The molecule has 0 saturated heterocycles. The third-order valence-electron chi connectivity index (χ3n) is 3.07. The maximum absolute atomic E-state index is 11.7. The summed E-state index contributed by atoms with van der Waals surface area (Å²) in [5, 5.41) is 5.09. The van der Waals surface area contributed by atoms with E-state index in [1.165, 1.54) is 0 Å². The van der Waals surface area contributed by atoms with Crippen molar-refractivity contribution in [1.82, 2.24) is 15.4 Å². The Kier molecular flexibility index (Phi) is 5.15. The summed E-state index contributed by atoms with van der Waals surface area (Å²) in [6.45, 7) is 7.76. The summed E-state index contributed by atoms with van der Waals surface area (Å²) in [4.78, 5) is 24.7. The average Bonchev–Trinajstić information content (AvgIpc) is 2.75. The third kappa shape index (κ3) is 3.73. The predicted octanol–water partition coefficient (Wildman–Crippen LogP) is 0.674. The van der Waals surface area contributed by atoms with Crippen LogP contribution in [0.4, 0.5) is 0 Å². The van der Waals surface area contributed by atoms with E-state index in [-0.39, 0.29) is 17.6 Å². The molecule has 1 atom stereocenters. The van der Waals surface area contributed by atoms with Crippen molar-refractivity contribution in [3.05, 3.63) is 22.2 Å². The number of nitrogens with zero attached hydrogens (tertiary/aromatic N) is 1. The van der Waals surface area contributed by atoms with Gasteiger partial charge in [-0.25, -0.2) is 9.95 Å². The number of likely N-dealkylation sites (N-methyl/N-ethyl adjacent to an activating group) is 1. The van der Waals surface area contributed by atoms with Crippen molar-refractivity contribution < 1.29 is 9.32 Å². The van der Waals surface area contributed by atoms with E-state index in [0.717, 1.165) is 12.6 Å². The molecule has 1 aromatic heterocycles. The molecule has 0 aromatic carbocycles. The number of nitrogens with one attached hydrogen (secondary N) is 2. The van der Waals surface area contributed by atoms with E-state index < -0.39 is 5.63 Å². The molecule has 1 amide bonds. The van der Waals surface area contributed by atoms with Gasteiger partial charge in [0.15, 0.2) is 0 Å². The minimum absolute atomic E-state index is 0.154. The number of hydrogen-bond acceptors (Lipinski definition) is 4. The number of H-pyrrole nitrogens is 1. The second-order valence-corrected chi connectivity index (χ2v) is 4.68. The van der Waals surface area contributed by atoms with Gasteiger partial charge in [-0.2, -0.15) is 0 Å². The summed E-state index contributed by atoms with van der Waals surface area (Å²) in [7, 11) is 2.02. The second-order valence-electron chi connectivity index (χ2n) is 4.68. The van der Waals surface area contributed by atoms with Crippen LogP contribution in [-0.2, 0) is 0 Å². The molecule has 0 radical (unpaired) electrons. The van der Waals surface area contributed by atoms with Crippen molar-refractivity contribution in [3.8, 4) is 0 Å². The number of carbonyl (C=O) groups excluding carboxylic acids is 1. The van der Waals surface area contributed by atoms with E-state index in [1.807, 2.05) is 7.05 Å². The van der Waals surface area contributed by atoms with Crippen LogP contribution in [0.3, 0.4) is 0 Å². The Morgan fingerprint density at radius 1 is 1.56 bits per heavy atom. The Morgan fingerprint density at radius 3 is 2.67 bits per heavy atom. The van der Waals surface area contributed by atoms with E-state index >= 15 is 0 Å². The Morgan fingerprint density at radius 2 is 2.22 bits per heavy atom. The van der Waals surface area contributed by atoms with Crippen LogP contribution in [-0.4, -0.2) is 42.1 Å². The zero-order valence-electron chi connectivity index (χ0n) is 11.3. The van der Waals surface area contributed by atoms with Gasteiger partial charge in [-0.1, -0.05) is 20.8 Å². The molecule has 1 aromatic rings. The van der Waals surface area contributed by atoms with Gasteiger partial charge in [0, 0.05) is 12.6 Å². The maximum atomic E-state index is 11.7. The molecular formula is C12H21N3O3. The zero-order chi connectivity index (χ0) is 13.7. The highest BCUT2D eigenvalue weighted by atomic mass is 16.5. The molecule has 1 heterocycles. The second kappa shape index (κ2) is 6.39. The number of aromatic amines is 1. The molecule has 0 saturated carbocycles. The molecular weight excluding hydrogens is 234 g/mol. The van der Waals surface area contributed by atoms with E-state index in [9.17, 15) is 9.59 Å². The predicted molar refractivity (Wildman–Crippen MR) is 68.6 cm³/mol. The largest absolute Gasteiger partial charge is 0.358 e. The Bertz CT molecular complexity index is 436. The van der Waals surface area contributed by atoms with Crippen LogP contribution in [0.25, 0.3) is 0 Å². The Labute approximate surface area is 106 Å². The highest BCUT2D eigenvalue weighted by molar-refractivity contribution is 5.91. The monoisotopic (exact) mass is 255 g/mol. The molecule has 0 aliphatic carbocycles. The van der Waals surface area contributed by atoms with Gasteiger partial charge in [0.2, 0.25) is 0 Å². The Balaban J connectivity index is 2.57. The zero-order valence-corrected chi connectivity index (χ0v) is 11.3. The van der Waals surface area contributed by atoms with Crippen LogP contribution >= 0.6 is 0 Å². The van der Waals surface area contributed by atoms with Crippen LogP contribution in [0.2, 0.25) is 0 Å². The summed E-state index contributed by atoms with van der Waals surface area (Å²) < 4.78 is 4.46. The molecule has 0 spiro atoms. The fourth-order valence-corrected chi connectivity index (χ4v) is 1.82. The minimum atomic E-state index is -0.550. The molecule has 0 aliphatic rings. The molecule has 1 rings (SSSR count). The van der Waals surface area contributed by atoms with Crippen molar-refractivity contribution >= 4 is 5.91 Å². The lowest BCUT2D eigenvalue weighted by molar-refractivity contribution is 0.0920. The van der Waals surface area contributed by atoms with Crippen molar-refractivity contribution in [2.75, 3.05) is 20.1 Å². The van der Waals surface area contributed by atoms with E-state index in [2.05, 4.69) is 40.7 Å². The van der Waals surface area contributed by atoms with Gasteiger partial charge in [-0.15, -0.1) is 0 Å². The van der Waals surface area contributed by atoms with E-state index in [1.54, 1.807) is 0 Å². The van der Waals surface area contributed by atoms with Crippen molar-refractivity contribution in [2.24, 2.45) is 5.92 Å². The normalized spacial score (nSPS) is 13.0. The van der Waals surface area contributed by atoms with Crippen molar-refractivity contribution in [3.63, 3.8) is 0 Å². The highest BCUT2D eigenvalue weighted by Crippen LogP contribution is 2.07. The molecule has 0 fully saturated rings. The summed E-state index contributed by atoms with van der Waals surface area (Å²) in [5.74, 6) is 0.106. The van der Waals surface area contributed by atoms with Gasteiger partial charge >= 0.3 is 5.63 Å². The van der Waals surface area contributed by atoms with Crippen molar-refractivity contribution in [2.45, 2.75) is 26.8 Å². The molecule has 1 unspecified atom stereocenters. The molecule has 102 valence electrons. The number of aromatic nitrogens is 1. The fourth-order valence-electron chi connectivity index (χ4n) is 1.82. The van der Waals surface area contributed by atoms with Gasteiger partial charge in [0.1, 0.15) is 5.69 Å².